The van der Waals surface area contributed by atoms with E-state index in [1.54, 1.807) is 6.33 Å². The van der Waals surface area contributed by atoms with Crippen LogP contribution in [0.1, 0.15) is 37.1 Å². The first-order chi connectivity index (χ1) is 14.2. The van der Waals surface area contributed by atoms with Crippen LogP contribution in [-0.2, 0) is 19.3 Å². The molecule has 3 aromatic rings. The lowest BCUT2D eigenvalue weighted by atomic mass is 9.99. The van der Waals surface area contributed by atoms with Crippen molar-refractivity contribution in [3.63, 3.8) is 0 Å². The molecule has 1 aliphatic heterocycles. The summed E-state index contributed by atoms with van der Waals surface area (Å²) in [5.41, 5.74) is 6.44. The number of hydrogen-bond donors (Lipinski definition) is 2. The Labute approximate surface area is 170 Å². The zero-order valence-corrected chi connectivity index (χ0v) is 17.4. The molecule has 7 nitrogen and oxygen atoms in total. The van der Waals surface area contributed by atoms with Crippen molar-refractivity contribution in [2.45, 2.75) is 39.5 Å². The minimum Gasteiger partial charge on any atom is -0.432 e. The van der Waals surface area contributed by atoms with Crippen molar-refractivity contribution in [1.82, 2.24) is 15.0 Å². The van der Waals surface area contributed by atoms with Crippen molar-refractivity contribution in [2.24, 2.45) is 5.92 Å². The molecule has 0 radical (unpaired) electrons. The third-order valence-electron chi connectivity index (χ3n) is 6.38. The molecule has 2 aliphatic rings. The fourth-order valence-corrected chi connectivity index (χ4v) is 4.99. The summed E-state index contributed by atoms with van der Waals surface area (Å²) in [6, 6.07) is 0. The Morgan fingerprint density at radius 3 is 2.72 bits per heavy atom. The molecule has 154 valence electrons. The average Bonchev–Trinajstić information content (AvgIpc) is 3.32. The molecule has 29 heavy (non-hydrogen) atoms. The van der Waals surface area contributed by atoms with Gasteiger partial charge in [-0.05, 0) is 42.7 Å². The number of furan rings is 1. The first kappa shape index (κ1) is 18.8. The monoisotopic (exact) mass is 396 g/mol. The van der Waals surface area contributed by atoms with Crippen molar-refractivity contribution in [1.29, 1.82) is 0 Å². The van der Waals surface area contributed by atoms with E-state index in [-0.39, 0.29) is 6.61 Å². The largest absolute Gasteiger partial charge is 0.432 e. The molecular weight excluding hydrogens is 366 g/mol. The normalized spacial score (nSPS) is 17.7. The predicted molar refractivity (Wildman–Crippen MR) is 113 cm³/mol. The number of nitrogens with one attached hydrogen (secondary N) is 1. The Bertz CT molecular complexity index is 1040. The van der Waals surface area contributed by atoms with Crippen LogP contribution in [0, 0.1) is 5.92 Å². The molecule has 0 unspecified atom stereocenters. The Morgan fingerprint density at radius 2 is 1.97 bits per heavy atom. The second kappa shape index (κ2) is 7.54. The second-order valence-corrected chi connectivity index (χ2v) is 8.84. The van der Waals surface area contributed by atoms with E-state index < -0.39 is 0 Å². The molecule has 1 fully saturated rings. The van der Waals surface area contributed by atoms with Gasteiger partial charge in [-0.25, -0.2) is 15.0 Å². The maximum absolute atomic E-state index is 9.20. The van der Waals surface area contributed by atoms with Gasteiger partial charge in [0.15, 0.2) is 11.4 Å². The van der Waals surface area contributed by atoms with E-state index in [1.807, 2.05) is 0 Å². The first-order valence-electron chi connectivity index (χ1n) is 10.9. The van der Waals surface area contributed by atoms with Gasteiger partial charge in [-0.15, -0.1) is 0 Å². The minimum atomic E-state index is 0.242. The summed E-state index contributed by atoms with van der Waals surface area (Å²) in [6.07, 6.45) is 6.03. The van der Waals surface area contributed by atoms with Gasteiger partial charge < -0.3 is 19.3 Å². The van der Waals surface area contributed by atoms with E-state index in [9.17, 15) is 5.11 Å². The van der Waals surface area contributed by atoms with Crippen molar-refractivity contribution in [3.8, 4) is 0 Å². The van der Waals surface area contributed by atoms with E-state index in [0.29, 0.717) is 5.92 Å². The SMILES string of the molecule is CC(C)Cc1nc2oc3c(N4CC[NH+](CCO)CC4)ncnc3c2c2c1CCC2. The van der Waals surface area contributed by atoms with Crippen LogP contribution >= 0.6 is 0 Å². The molecule has 0 saturated carbocycles. The number of anilines is 1. The lowest BCUT2D eigenvalue weighted by Gasteiger charge is -2.32. The van der Waals surface area contributed by atoms with Crippen LogP contribution in [0.15, 0.2) is 10.7 Å². The predicted octanol–water partition coefficient (Wildman–Crippen LogP) is 1.16. The maximum atomic E-state index is 9.20. The van der Waals surface area contributed by atoms with E-state index in [0.717, 1.165) is 80.0 Å². The maximum Gasteiger partial charge on any atom is 0.229 e. The molecule has 5 rings (SSSR count). The van der Waals surface area contributed by atoms with Gasteiger partial charge in [0.2, 0.25) is 5.71 Å². The molecule has 1 aliphatic carbocycles. The number of nitrogens with zero attached hydrogens (tertiary/aromatic N) is 4. The average molecular weight is 397 g/mol. The van der Waals surface area contributed by atoms with E-state index in [4.69, 9.17) is 9.40 Å². The smallest absolute Gasteiger partial charge is 0.229 e. The van der Waals surface area contributed by atoms with E-state index in [2.05, 4.69) is 28.7 Å². The van der Waals surface area contributed by atoms with Gasteiger partial charge in [-0.1, -0.05) is 13.8 Å². The third-order valence-corrected chi connectivity index (χ3v) is 6.38. The van der Waals surface area contributed by atoms with Gasteiger partial charge in [0.05, 0.1) is 38.2 Å². The number of aromatic nitrogens is 3. The van der Waals surface area contributed by atoms with Crippen molar-refractivity contribution in [3.05, 3.63) is 23.1 Å². The molecule has 4 heterocycles. The van der Waals surface area contributed by atoms with E-state index >= 15 is 0 Å². The summed E-state index contributed by atoms with van der Waals surface area (Å²) in [6.45, 7) is 9.35. The molecule has 1 saturated heterocycles. The minimum absolute atomic E-state index is 0.242. The molecule has 2 N–H and O–H groups in total. The second-order valence-electron chi connectivity index (χ2n) is 8.84. The van der Waals surface area contributed by atoms with Crippen molar-refractivity contribution < 1.29 is 14.4 Å². The van der Waals surface area contributed by atoms with Gasteiger partial charge in [-0.3, -0.25) is 0 Å². The molecule has 7 heteroatoms. The van der Waals surface area contributed by atoms with Crippen LogP contribution < -0.4 is 9.80 Å². The van der Waals surface area contributed by atoms with Crippen LogP contribution in [-0.4, -0.2) is 59.4 Å². The molecule has 0 aromatic carbocycles. The van der Waals surface area contributed by atoms with Crippen LogP contribution in [0.3, 0.4) is 0 Å². The van der Waals surface area contributed by atoms with Crippen molar-refractivity contribution >= 4 is 28.0 Å². The number of piperazine rings is 1. The Kier molecular flexibility index (Phi) is 4.87. The highest BCUT2D eigenvalue weighted by atomic mass is 16.3. The van der Waals surface area contributed by atoms with Crippen LogP contribution in [0.4, 0.5) is 5.82 Å². The van der Waals surface area contributed by atoms with Crippen LogP contribution in [0.25, 0.3) is 22.2 Å². The number of fused-ring (bicyclic) bond motifs is 5. The van der Waals surface area contributed by atoms with Gasteiger partial charge in [0, 0.05) is 5.69 Å². The highest BCUT2D eigenvalue weighted by Gasteiger charge is 2.28. The van der Waals surface area contributed by atoms with Gasteiger partial charge in [0.1, 0.15) is 18.4 Å². The third kappa shape index (κ3) is 3.26. The summed E-state index contributed by atoms with van der Waals surface area (Å²) < 4.78 is 6.33. The number of aliphatic hydroxyl groups excluding tert-OH is 1. The zero-order chi connectivity index (χ0) is 20.0. The summed E-state index contributed by atoms with van der Waals surface area (Å²) in [5.74, 6) is 1.45. The highest BCUT2D eigenvalue weighted by Crippen LogP contribution is 2.39. The zero-order valence-electron chi connectivity index (χ0n) is 17.4. The fourth-order valence-electron chi connectivity index (χ4n) is 4.99. The topological polar surface area (TPSA) is 79.7 Å². The number of aryl methyl sites for hydroxylation is 1. The summed E-state index contributed by atoms with van der Waals surface area (Å²) in [7, 11) is 0. The molecule has 0 atom stereocenters. The molecule has 0 bridgehead atoms. The van der Waals surface area contributed by atoms with Gasteiger partial charge >= 0.3 is 0 Å². The summed E-state index contributed by atoms with van der Waals surface area (Å²) in [4.78, 5) is 17.9. The number of quaternary nitrogens is 1. The molecule has 0 spiro atoms. The summed E-state index contributed by atoms with van der Waals surface area (Å²) in [5, 5.41) is 10.3. The highest BCUT2D eigenvalue weighted by molar-refractivity contribution is 6.06. The number of aliphatic hydroxyl groups is 1. The number of hydrogen-bond acceptors (Lipinski definition) is 6. The van der Waals surface area contributed by atoms with Gasteiger partial charge in [0.25, 0.3) is 0 Å². The lowest BCUT2D eigenvalue weighted by Crippen LogP contribution is -3.15. The van der Waals surface area contributed by atoms with Crippen LogP contribution in [0.2, 0.25) is 0 Å². The molecule has 0 amide bonds. The Hall–Kier alpha value is -2.25. The lowest BCUT2D eigenvalue weighted by molar-refractivity contribution is -0.900. The van der Waals surface area contributed by atoms with E-state index in [1.165, 1.54) is 28.1 Å². The van der Waals surface area contributed by atoms with Crippen LogP contribution in [0.5, 0.6) is 0 Å². The van der Waals surface area contributed by atoms with Gasteiger partial charge in [-0.2, -0.15) is 0 Å². The number of pyridine rings is 1. The molecule has 3 aromatic heterocycles. The first-order valence-corrected chi connectivity index (χ1v) is 10.9. The molecular formula is C22H30N5O2+. The quantitative estimate of drug-likeness (QED) is 0.674. The standard InChI is InChI=1S/C22H29N5O2/c1-14(2)12-17-15-4-3-5-16(15)18-19-20(29-22(18)25-17)21(24-13-23-19)27-8-6-26(7-9-27)10-11-28/h13-14,28H,3-12H2,1-2H3/p+1. The fraction of sp³-hybridized carbons (Fsp3) is 0.591. The number of rotatable bonds is 5. The Morgan fingerprint density at radius 1 is 1.17 bits per heavy atom. The summed E-state index contributed by atoms with van der Waals surface area (Å²) >= 11 is 0. The Balaban J connectivity index is 1.59. The van der Waals surface area contributed by atoms with Crippen molar-refractivity contribution in [2.75, 3.05) is 44.2 Å².